The van der Waals surface area contributed by atoms with E-state index in [1.54, 1.807) is 23.9 Å². The molecule has 4 nitrogen and oxygen atoms in total. The molecule has 1 aliphatic rings. The molecule has 3 rings (SSSR count). The molecule has 26 heavy (non-hydrogen) atoms. The fourth-order valence-electron chi connectivity index (χ4n) is 3.26. The van der Waals surface area contributed by atoms with E-state index in [2.05, 4.69) is 28.3 Å². The van der Waals surface area contributed by atoms with Crippen LogP contribution in [0.3, 0.4) is 0 Å². The maximum atomic E-state index is 12.3. The lowest BCUT2D eigenvalue weighted by Crippen LogP contribution is -2.32. The number of aryl methyl sites for hydroxylation is 1. The second-order valence-electron chi connectivity index (χ2n) is 6.39. The van der Waals surface area contributed by atoms with Crippen molar-refractivity contribution < 1.29 is 14.3 Å². The Morgan fingerprint density at radius 1 is 1.15 bits per heavy atom. The van der Waals surface area contributed by atoms with Crippen LogP contribution in [0.25, 0.3) is 0 Å². The van der Waals surface area contributed by atoms with Gasteiger partial charge in [0, 0.05) is 5.75 Å². The molecule has 0 aliphatic heterocycles. The summed E-state index contributed by atoms with van der Waals surface area (Å²) in [5, 5.41) is 3.17. The van der Waals surface area contributed by atoms with Gasteiger partial charge in [0.15, 0.2) is 0 Å². The summed E-state index contributed by atoms with van der Waals surface area (Å²) in [6.45, 7) is 0. The zero-order chi connectivity index (χ0) is 18.4. The number of amides is 1. The summed E-state index contributed by atoms with van der Waals surface area (Å²) in [5.74, 6) is 0.896. The first kappa shape index (κ1) is 18.5. The van der Waals surface area contributed by atoms with Gasteiger partial charge >= 0.3 is 5.97 Å². The second kappa shape index (κ2) is 8.90. The van der Waals surface area contributed by atoms with Crippen LogP contribution in [-0.4, -0.2) is 24.7 Å². The van der Waals surface area contributed by atoms with Crippen LogP contribution in [0.5, 0.6) is 0 Å². The van der Waals surface area contributed by atoms with Crippen LogP contribution in [0.1, 0.15) is 45.9 Å². The zero-order valence-electron chi connectivity index (χ0n) is 14.9. The van der Waals surface area contributed by atoms with Crippen LogP contribution in [-0.2, 0) is 21.7 Å². The minimum Gasteiger partial charge on any atom is -0.465 e. The molecule has 1 amide bonds. The summed E-state index contributed by atoms with van der Waals surface area (Å²) in [4.78, 5) is 23.7. The van der Waals surface area contributed by atoms with Crippen LogP contribution in [0.2, 0.25) is 0 Å². The van der Waals surface area contributed by atoms with Gasteiger partial charge in [-0.2, -0.15) is 0 Å². The molecule has 1 aliphatic carbocycles. The lowest BCUT2D eigenvalue weighted by molar-refractivity contribution is -0.119. The number of hydrogen-bond acceptors (Lipinski definition) is 4. The van der Waals surface area contributed by atoms with Crippen molar-refractivity contribution >= 4 is 23.6 Å². The van der Waals surface area contributed by atoms with Crippen molar-refractivity contribution in [2.24, 2.45) is 0 Å². The highest BCUT2D eigenvalue weighted by molar-refractivity contribution is 7.99. The van der Waals surface area contributed by atoms with Crippen LogP contribution in [0.4, 0.5) is 0 Å². The van der Waals surface area contributed by atoms with Gasteiger partial charge in [0.05, 0.1) is 24.5 Å². The molecule has 1 N–H and O–H groups in total. The van der Waals surface area contributed by atoms with Crippen molar-refractivity contribution in [3.63, 3.8) is 0 Å². The summed E-state index contributed by atoms with van der Waals surface area (Å²) in [5.41, 5.74) is 4.23. The summed E-state index contributed by atoms with van der Waals surface area (Å²) >= 11 is 1.58. The molecule has 0 heterocycles. The quantitative estimate of drug-likeness (QED) is 0.785. The van der Waals surface area contributed by atoms with Crippen LogP contribution in [0, 0.1) is 0 Å². The number of hydrogen-bond donors (Lipinski definition) is 1. The van der Waals surface area contributed by atoms with E-state index in [0.29, 0.717) is 11.3 Å². The molecule has 1 atom stereocenters. The maximum Gasteiger partial charge on any atom is 0.337 e. The Kier molecular flexibility index (Phi) is 6.34. The van der Waals surface area contributed by atoms with E-state index in [0.717, 1.165) is 30.6 Å². The van der Waals surface area contributed by atoms with Crippen LogP contribution >= 0.6 is 11.8 Å². The Balaban J connectivity index is 1.47. The first-order valence-electron chi connectivity index (χ1n) is 8.79. The Bertz CT molecular complexity index is 773. The zero-order valence-corrected chi connectivity index (χ0v) is 15.7. The normalized spacial score (nSPS) is 15.8. The highest BCUT2D eigenvalue weighted by Crippen LogP contribution is 2.29. The minimum absolute atomic E-state index is 0.0721. The number of rotatable bonds is 6. The number of nitrogens with one attached hydrogen (secondary N) is 1. The van der Waals surface area contributed by atoms with Gasteiger partial charge < -0.3 is 10.1 Å². The molecular formula is C21H23NO3S. The number of carbonyl (C=O) groups excluding carboxylic acids is 2. The Morgan fingerprint density at radius 3 is 2.69 bits per heavy atom. The molecule has 0 radical (unpaired) electrons. The molecule has 0 aromatic heterocycles. The van der Waals surface area contributed by atoms with Crippen molar-refractivity contribution in [2.45, 2.75) is 31.1 Å². The molecule has 2 aromatic carbocycles. The lowest BCUT2D eigenvalue weighted by atomic mass is 9.88. The lowest BCUT2D eigenvalue weighted by Gasteiger charge is -2.26. The van der Waals surface area contributed by atoms with Gasteiger partial charge in [-0.3, -0.25) is 4.79 Å². The number of esters is 1. The molecule has 0 unspecified atom stereocenters. The smallest absolute Gasteiger partial charge is 0.337 e. The molecule has 5 heteroatoms. The topological polar surface area (TPSA) is 55.4 Å². The molecular weight excluding hydrogens is 346 g/mol. The van der Waals surface area contributed by atoms with Gasteiger partial charge in [-0.25, -0.2) is 4.79 Å². The van der Waals surface area contributed by atoms with Gasteiger partial charge in [0.2, 0.25) is 5.91 Å². The number of benzene rings is 2. The van der Waals surface area contributed by atoms with Gasteiger partial charge in [0.1, 0.15) is 0 Å². The molecule has 0 spiro atoms. The maximum absolute atomic E-state index is 12.3. The number of thioether (sulfide) groups is 1. The average Bonchev–Trinajstić information content (AvgIpc) is 2.68. The standard InChI is InChI=1S/C21H23NO3S/c1-25-21(24)17-11-9-15(10-12-17)13-26-14-20(23)22-19-8-4-6-16-5-2-3-7-18(16)19/h2-3,5,7,9-12,19H,4,6,8,13-14H2,1H3,(H,22,23)/t19-/m1/s1. The SMILES string of the molecule is COC(=O)c1ccc(CSCC(=O)N[C@@H]2CCCc3ccccc32)cc1. The molecule has 136 valence electrons. The van der Waals surface area contributed by atoms with Crippen LogP contribution < -0.4 is 5.32 Å². The van der Waals surface area contributed by atoms with Crippen molar-refractivity contribution in [1.29, 1.82) is 0 Å². The molecule has 2 aromatic rings. The molecule has 0 fully saturated rings. The monoisotopic (exact) mass is 369 g/mol. The van der Waals surface area contributed by atoms with Crippen LogP contribution in [0.15, 0.2) is 48.5 Å². The minimum atomic E-state index is -0.337. The highest BCUT2D eigenvalue weighted by Gasteiger charge is 2.21. The Labute approximate surface area is 158 Å². The van der Waals surface area contributed by atoms with Crippen molar-refractivity contribution in [2.75, 3.05) is 12.9 Å². The third-order valence-electron chi connectivity index (χ3n) is 4.58. The number of fused-ring (bicyclic) bond motifs is 1. The predicted octanol–water partition coefficient (Wildman–Crippen LogP) is 3.90. The van der Waals surface area contributed by atoms with Crippen molar-refractivity contribution in [1.82, 2.24) is 5.32 Å². The molecule has 0 saturated heterocycles. The third kappa shape index (κ3) is 4.67. The van der Waals surface area contributed by atoms with E-state index in [4.69, 9.17) is 0 Å². The number of ether oxygens (including phenoxy) is 1. The van der Waals surface area contributed by atoms with E-state index >= 15 is 0 Å². The van der Waals surface area contributed by atoms with Gasteiger partial charge in [-0.1, -0.05) is 36.4 Å². The second-order valence-corrected chi connectivity index (χ2v) is 7.38. The predicted molar refractivity (Wildman–Crippen MR) is 104 cm³/mol. The van der Waals surface area contributed by atoms with Gasteiger partial charge in [-0.05, 0) is 48.1 Å². The summed E-state index contributed by atoms with van der Waals surface area (Å²) in [6.07, 6.45) is 3.21. The number of methoxy groups -OCH3 is 1. The first-order valence-corrected chi connectivity index (χ1v) is 9.95. The fourth-order valence-corrected chi connectivity index (χ4v) is 4.06. The van der Waals surface area contributed by atoms with E-state index in [1.165, 1.54) is 18.2 Å². The van der Waals surface area contributed by atoms with Gasteiger partial charge in [0.25, 0.3) is 0 Å². The van der Waals surface area contributed by atoms with E-state index in [-0.39, 0.29) is 17.9 Å². The fraction of sp³-hybridized carbons (Fsp3) is 0.333. The highest BCUT2D eigenvalue weighted by atomic mass is 32.2. The van der Waals surface area contributed by atoms with E-state index < -0.39 is 0 Å². The Hall–Kier alpha value is -2.27. The number of carbonyl (C=O) groups is 2. The summed E-state index contributed by atoms with van der Waals surface area (Å²) in [7, 11) is 1.37. The largest absolute Gasteiger partial charge is 0.465 e. The van der Waals surface area contributed by atoms with E-state index in [1.807, 2.05) is 18.2 Å². The average molecular weight is 369 g/mol. The van der Waals surface area contributed by atoms with Crippen molar-refractivity contribution in [3.8, 4) is 0 Å². The third-order valence-corrected chi connectivity index (χ3v) is 5.59. The van der Waals surface area contributed by atoms with Crippen molar-refractivity contribution in [3.05, 3.63) is 70.8 Å². The van der Waals surface area contributed by atoms with Gasteiger partial charge in [-0.15, -0.1) is 11.8 Å². The summed E-state index contributed by atoms with van der Waals surface area (Å²) in [6, 6.07) is 15.8. The first-order chi connectivity index (χ1) is 12.7. The molecule has 0 saturated carbocycles. The molecule has 0 bridgehead atoms. The Morgan fingerprint density at radius 2 is 1.92 bits per heavy atom. The van der Waals surface area contributed by atoms with E-state index in [9.17, 15) is 9.59 Å². The summed E-state index contributed by atoms with van der Waals surface area (Å²) < 4.78 is 4.69.